The van der Waals surface area contributed by atoms with Crippen LogP contribution >= 0.6 is 0 Å². The van der Waals surface area contributed by atoms with Gasteiger partial charge in [0.2, 0.25) is 6.79 Å². The van der Waals surface area contributed by atoms with Crippen molar-refractivity contribution in [2.45, 2.75) is 26.4 Å². The minimum absolute atomic E-state index is 0.325. The van der Waals surface area contributed by atoms with Gasteiger partial charge in [-0.1, -0.05) is 6.07 Å². The molecule has 0 unspecified atom stereocenters. The molecule has 0 saturated carbocycles. The molecule has 108 valence electrons. The third kappa shape index (κ3) is 2.45. The second kappa shape index (κ2) is 5.00. The smallest absolute Gasteiger partial charge is 0.231 e. The van der Waals surface area contributed by atoms with E-state index in [1.807, 2.05) is 19.2 Å². The molecule has 5 nitrogen and oxygen atoms in total. The summed E-state index contributed by atoms with van der Waals surface area (Å²) in [5.41, 5.74) is 3.69. The Morgan fingerprint density at radius 1 is 1.24 bits per heavy atom. The van der Waals surface area contributed by atoms with Gasteiger partial charge in [-0.2, -0.15) is 0 Å². The molecular formula is C16H17N3O2. The van der Waals surface area contributed by atoms with Crippen LogP contribution in [0.3, 0.4) is 0 Å². The molecule has 4 rings (SSSR count). The van der Waals surface area contributed by atoms with Gasteiger partial charge < -0.3 is 9.47 Å². The summed E-state index contributed by atoms with van der Waals surface area (Å²) in [5.74, 6) is 2.54. The maximum atomic E-state index is 5.44. The molecule has 2 aliphatic heterocycles. The molecule has 0 fully saturated rings. The number of ether oxygens (including phenoxy) is 2. The Morgan fingerprint density at radius 3 is 3.10 bits per heavy atom. The zero-order valence-electron chi connectivity index (χ0n) is 12.0. The van der Waals surface area contributed by atoms with Gasteiger partial charge in [-0.05, 0) is 36.6 Å². The standard InChI is InChI=1S/C16H17N3O2/c1-11-17-7-13-4-5-19(9-14(13)18-11)8-12-2-3-15-16(6-12)21-10-20-15/h2-3,6-7H,4-5,8-10H2,1H3. The molecule has 0 amide bonds. The Morgan fingerprint density at radius 2 is 2.14 bits per heavy atom. The van der Waals surface area contributed by atoms with Crippen molar-refractivity contribution in [1.29, 1.82) is 0 Å². The second-order valence-electron chi connectivity index (χ2n) is 5.54. The molecule has 0 radical (unpaired) electrons. The van der Waals surface area contributed by atoms with E-state index >= 15 is 0 Å². The minimum atomic E-state index is 0.325. The lowest BCUT2D eigenvalue weighted by Gasteiger charge is -2.27. The summed E-state index contributed by atoms with van der Waals surface area (Å²) in [7, 11) is 0. The van der Waals surface area contributed by atoms with Crippen molar-refractivity contribution < 1.29 is 9.47 Å². The first-order valence-corrected chi connectivity index (χ1v) is 7.20. The van der Waals surface area contributed by atoms with Gasteiger partial charge in [-0.15, -0.1) is 0 Å². The van der Waals surface area contributed by atoms with Gasteiger partial charge in [0.05, 0.1) is 5.69 Å². The fourth-order valence-electron chi connectivity index (χ4n) is 2.89. The van der Waals surface area contributed by atoms with Crippen molar-refractivity contribution in [2.24, 2.45) is 0 Å². The van der Waals surface area contributed by atoms with Crippen LogP contribution in [0.15, 0.2) is 24.4 Å². The molecule has 21 heavy (non-hydrogen) atoms. The highest BCUT2D eigenvalue weighted by Crippen LogP contribution is 2.33. The zero-order chi connectivity index (χ0) is 14.2. The lowest BCUT2D eigenvalue weighted by Crippen LogP contribution is -2.31. The van der Waals surface area contributed by atoms with Crippen molar-refractivity contribution in [3.05, 3.63) is 47.0 Å². The number of benzene rings is 1. The third-order valence-corrected chi connectivity index (χ3v) is 3.99. The molecule has 3 heterocycles. The van der Waals surface area contributed by atoms with Crippen molar-refractivity contribution in [3.63, 3.8) is 0 Å². The lowest BCUT2D eigenvalue weighted by molar-refractivity contribution is 0.174. The fraction of sp³-hybridized carbons (Fsp3) is 0.375. The summed E-state index contributed by atoms with van der Waals surface area (Å²) in [6, 6.07) is 6.17. The van der Waals surface area contributed by atoms with Crippen LogP contribution in [0.25, 0.3) is 0 Å². The van der Waals surface area contributed by atoms with E-state index in [0.717, 1.165) is 49.1 Å². The number of hydrogen-bond acceptors (Lipinski definition) is 5. The summed E-state index contributed by atoms with van der Waals surface area (Å²) in [5, 5.41) is 0. The number of aryl methyl sites for hydroxylation is 1. The van der Waals surface area contributed by atoms with Gasteiger partial charge in [0.1, 0.15) is 5.82 Å². The number of nitrogens with zero attached hydrogens (tertiary/aromatic N) is 3. The maximum absolute atomic E-state index is 5.44. The monoisotopic (exact) mass is 283 g/mol. The molecule has 0 saturated heterocycles. The highest BCUT2D eigenvalue weighted by molar-refractivity contribution is 5.44. The number of rotatable bonds is 2. The maximum Gasteiger partial charge on any atom is 0.231 e. The summed E-state index contributed by atoms with van der Waals surface area (Å²) >= 11 is 0. The van der Waals surface area contributed by atoms with Gasteiger partial charge in [0, 0.05) is 25.8 Å². The van der Waals surface area contributed by atoms with Gasteiger partial charge in [-0.3, -0.25) is 4.90 Å². The highest BCUT2D eigenvalue weighted by atomic mass is 16.7. The van der Waals surface area contributed by atoms with Gasteiger partial charge in [0.25, 0.3) is 0 Å². The van der Waals surface area contributed by atoms with Crippen LogP contribution in [-0.2, 0) is 19.5 Å². The normalized spacial score (nSPS) is 16.8. The average Bonchev–Trinajstić information content (AvgIpc) is 2.94. The van der Waals surface area contributed by atoms with E-state index in [0.29, 0.717) is 6.79 Å². The van der Waals surface area contributed by atoms with Crippen LogP contribution in [0.5, 0.6) is 11.5 Å². The fourth-order valence-corrected chi connectivity index (χ4v) is 2.89. The first kappa shape index (κ1) is 12.6. The summed E-state index contributed by atoms with van der Waals surface area (Å²) in [4.78, 5) is 11.3. The van der Waals surface area contributed by atoms with Crippen molar-refractivity contribution >= 4 is 0 Å². The molecule has 0 aliphatic carbocycles. The molecule has 2 aliphatic rings. The molecule has 0 N–H and O–H groups in total. The molecule has 5 heteroatoms. The Kier molecular flexibility index (Phi) is 3.00. The number of hydrogen-bond donors (Lipinski definition) is 0. The van der Waals surface area contributed by atoms with Crippen LogP contribution in [-0.4, -0.2) is 28.2 Å². The van der Waals surface area contributed by atoms with E-state index in [9.17, 15) is 0 Å². The average molecular weight is 283 g/mol. The van der Waals surface area contributed by atoms with E-state index in [-0.39, 0.29) is 0 Å². The van der Waals surface area contributed by atoms with E-state index in [1.54, 1.807) is 0 Å². The quantitative estimate of drug-likeness (QED) is 0.844. The van der Waals surface area contributed by atoms with Crippen molar-refractivity contribution in [3.8, 4) is 11.5 Å². The molecule has 0 atom stereocenters. The van der Waals surface area contributed by atoms with Crippen LogP contribution in [0.1, 0.15) is 22.6 Å². The first-order chi connectivity index (χ1) is 10.3. The third-order valence-electron chi connectivity index (χ3n) is 3.99. The van der Waals surface area contributed by atoms with Gasteiger partial charge in [0.15, 0.2) is 11.5 Å². The number of aromatic nitrogens is 2. The second-order valence-corrected chi connectivity index (χ2v) is 5.54. The molecule has 2 aromatic rings. The van der Waals surface area contributed by atoms with Crippen LogP contribution < -0.4 is 9.47 Å². The zero-order valence-corrected chi connectivity index (χ0v) is 12.0. The topological polar surface area (TPSA) is 47.5 Å². The van der Waals surface area contributed by atoms with Crippen LogP contribution in [0.2, 0.25) is 0 Å². The Balaban J connectivity index is 1.51. The van der Waals surface area contributed by atoms with Crippen molar-refractivity contribution in [2.75, 3.05) is 13.3 Å². The molecule has 1 aromatic heterocycles. The van der Waals surface area contributed by atoms with Crippen LogP contribution in [0.4, 0.5) is 0 Å². The number of fused-ring (bicyclic) bond motifs is 2. The lowest BCUT2D eigenvalue weighted by atomic mass is 10.1. The van der Waals surface area contributed by atoms with E-state index < -0.39 is 0 Å². The van der Waals surface area contributed by atoms with Crippen molar-refractivity contribution in [1.82, 2.24) is 14.9 Å². The van der Waals surface area contributed by atoms with Gasteiger partial charge >= 0.3 is 0 Å². The predicted octanol–water partition coefficient (Wildman–Crippen LogP) is 2.07. The van der Waals surface area contributed by atoms with E-state index in [4.69, 9.17) is 9.47 Å². The Hall–Kier alpha value is -2.14. The SMILES string of the molecule is Cc1ncc2c(n1)CN(Cc1ccc3c(c1)OCO3)CC2. The molecule has 0 bridgehead atoms. The molecule has 0 spiro atoms. The molecule has 1 aromatic carbocycles. The highest BCUT2D eigenvalue weighted by Gasteiger charge is 2.19. The Labute approximate surface area is 123 Å². The van der Waals surface area contributed by atoms with E-state index in [1.165, 1.54) is 11.1 Å². The Bertz CT molecular complexity index is 687. The van der Waals surface area contributed by atoms with E-state index in [2.05, 4.69) is 27.0 Å². The molecular weight excluding hydrogens is 266 g/mol. The van der Waals surface area contributed by atoms with Crippen LogP contribution in [0, 0.1) is 6.92 Å². The summed E-state index contributed by atoms with van der Waals surface area (Å²) in [6.45, 7) is 5.09. The minimum Gasteiger partial charge on any atom is -0.454 e. The van der Waals surface area contributed by atoms with Gasteiger partial charge in [-0.25, -0.2) is 9.97 Å². The summed E-state index contributed by atoms with van der Waals surface area (Å²) in [6.07, 6.45) is 2.98. The largest absolute Gasteiger partial charge is 0.454 e. The predicted molar refractivity (Wildman–Crippen MR) is 77.2 cm³/mol. The first-order valence-electron chi connectivity index (χ1n) is 7.20. The summed E-state index contributed by atoms with van der Waals surface area (Å²) < 4.78 is 10.8.